The van der Waals surface area contributed by atoms with Gasteiger partial charge in [0.2, 0.25) is 0 Å². The number of aliphatic hydroxyl groups excluding tert-OH is 1. The molecule has 0 aliphatic carbocycles. The van der Waals surface area contributed by atoms with Crippen LogP contribution in [-0.2, 0) is 9.09 Å². The first-order valence-electron chi connectivity index (χ1n) is 3.85. The third kappa shape index (κ3) is 5.31. The maximum Gasteiger partial charge on any atom is 0.540 e. The third-order valence-electron chi connectivity index (χ3n) is 1.14. The van der Waals surface area contributed by atoms with Gasteiger partial charge in [-0.15, -0.1) is 4.52 Å². The summed E-state index contributed by atoms with van der Waals surface area (Å²) in [6.45, 7) is 6.17. The highest BCUT2D eigenvalue weighted by atomic mass is 31.1. The van der Waals surface area contributed by atoms with Crippen LogP contribution in [0, 0.1) is 5.92 Å². The minimum Gasteiger partial charge on any atom is -0.349 e. The Hall–Kier alpha value is 0.0200. The summed E-state index contributed by atoms with van der Waals surface area (Å²) in [5.74, 6) is -0.443. The van der Waals surface area contributed by atoms with Gasteiger partial charge in [0.25, 0.3) is 5.85 Å². The van der Waals surface area contributed by atoms with Gasteiger partial charge in [0.05, 0.1) is 0 Å². The second-order valence-electron chi connectivity index (χ2n) is 2.86. The Kier molecular flexibility index (Phi) is 5.65. The van der Waals surface area contributed by atoms with Gasteiger partial charge in [-0.3, -0.25) is 0 Å². The number of rotatable bonds is 5. The summed E-state index contributed by atoms with van der Waals surface area (Å²) in [4.78, 5) is 0. The zero-order valence-electron chi connectivity index (χ0n) is 7.28. The quantitative estimate of drug-likeness (QED) is 0.657. The Morgan fingerprint density at radius 2 is 2.09 bits per heavy atom. The second kappa shape index (κ2) is 5.64. The van der Waals surface area contributed by atoms with Crippen LogP contribution in [0.4, 0.5) is 0 Å². The Morgan fingerprint density at radius 1 is 1.55 bits per heavy atom. The largest absolute Gasteiger partial charge is 0.540 e. The van der Waals surface area contributed by atoms with Gasteiger partial charge in [0, 0.05) is 6.42 Å². The molecule has 4 heteroatoms. The molecule has 0 aliphatic rings. The van der Waals surface area contributed by atoms with Crippen molar-refractivity contribution in [2.45, 2.75) is 33.0 Å². The lowest BCUT2D eigenvalue weighted by Crippen LogP contribution is -2.03. The maximum absolute atomic E-state index is 11.0. The van der Waals surface area contributed by atoms with Crippen LogP contribution in [0.3, 0.4) is 0 Å². The van der Waals surface area contributed by atoms with Crippen molar-refractivity contribution < 1.29 is 14.2 Å². The monoisotopic (exact) mass is 179 g/mol. The molecule has 3 nitrogen and oxygen atoms in total. The Morgan fingerprint density at radius 3 is 2.45 bits per heavy atom. The zero-order valence-corrected chi connectivity index (χ0v) is 8.17. The zero-order chi connectivity index (χ0) is 8.85. The minimum atomic E-state index is -1.87. The topological polar surface area (TPSA) is 46.5 Å². The number of hydrogen-bond acceptors (Lipinski definition) is 3. The molecule has 0 bridgehead atoms. The lowest BCUT2D eigenvalue weighted by atomic mass is 10.2. The van der Waals surface area contributed by atoms with E-state index < -0.39 is 13.9 Å². The molecule has 0 spiro atoms. The van der Waals surface area contributed by atoms with Crippen molar-refractivity contribution in [3.8, 4) is 0 Å². The van der Waals surface area contributed by atoms with Gasteiger partial charge in [0.15, 0.2) is 0 Å². The lowest BCUT2D eigenvalue weighted by molar-refractivity contribution is 0.204. The number of aliphatic hydroxyl groups is 1. The summed E-state index contributed by atoms with van der Waals surface area (Å²) < 4.78 is 15.9. The fourth-order valence-electron chi connectivity index (χ4n) is 0.458. The van der Waals surface area contributed by atoms with E-state index in [0.29, 0.717) is 18.9 Å². The summed E-state index contributed by atoms with van der Waals surface area (Å²) in [5.41, 5.74) is 0. The van der Waals surface area contributed by atoms with Gasteiger partial charge in [-0.05, 0) is 10.5 Å². The summed E-state index contributed by atoms with van der Waals surface area (Å²) in [7, 11) is -1.87. The van der Waals surface area contributed by atoms with Crippen LogP contribution in [0.2, 0.25) is 0 Å². The van der Waals surface area contributed by atoms with Gasteiger partial charge in [-0.25, -0.2) is 0 Å². The third-order valence-corrected chi connectivity index (χ3v) is 2.40. The highest BCUT2D eigenvalue weighted by Crippen LogP contribution is 2.29. The Balaban J connectivity index is 3.52. The SMILES string of the molecule is CCC(O)[P+](=O)OCC(C)C. The van der Waals surface area contributed by atoms with Crippen molar-refractivity contribution in [1.29, 1.82) is 0 Å². The molecule has 0 radical (unpaired) electrons. The average Bonchev–Trinajstić information content (AvgIpc) is 1.98. The van der Waals surface area contributed by atoms with Crippen LogP contribution < -0.4 is 0 Å². The molecular weight excluding hydrogens is 163 g/mol. The van der Waals surface area contributed by atoms with Gasteiger partial charge in [-0.1, -0.05) is 20.8 Å². The molecule has 0 rings (SSSR count). The first-order valence-corrected chi connectivity index (χ1v) is 5.10. The van der Waals surface area contributed by atoms with Crippen LogP contribution in [0.15, 0.2) is 0 Å². The normalized spacial score (nSPS) is 15.2. The summed E-state index contributed by atoms with van der Waals surface area (Å²) >= 11 is 0. The fourth-order valence-corrected chi connectivity index (χ4v) is 1.37. The lowest BCUT2D eigenvalue weighted by Gasteiger charge is -1.97. The molecule has 66 valence electrons. The molecule has 11 heavy (non-hydrogen) atoms. The smallest absolute Gasteiger partial charge is 0.349 e. The molecule has 1 N–H and O–H groups in total. The van der Waals surface area contributed by atoms with E-state index in [1.165, 1.54) is 0 Å². The van der Waals surface area contributed by atoms with Gasteiger partial charge >= 0.3 is 8.03 Å². The van der Waals surface area contributed by atoms with Crippen molar-refractivity contribution in [2.75, 3.05) is 6.61 Å². The predicted octanol–water partition coefficient (Wildman–Crippen LogP) is 2.13. The first kappa shape index (κ1) is 11.0. The Labute approximate surface area is 68.6 Å². The van der Waals surface area contributed by atoms with Crippen molar-refractivity contribution in [3.05, 3.63) is 0 Å². The molecule has 0 aliphatic heterocycles. The van der Waals surface area contributed by atoms with Gasteiger partial charge in [-0.2, -0.15) is 0 Å². The van der Waals surface area contributed by atoms with E-state index in [-0.39, 0.29) is 0 Å². The second-order valence-corrected chi connectivity index (χ2v) is 4.29. The van der Waals surface area contributed by atoms with E-state index >= 15 is 0 Å². The summed E-state index contributed by atoms with van der Waals surface area (Å²) in [5, 5.41) is 9.03. The molecule has 0 aromatic carbocycles. The molecule has 0 saturated carbocycles. The molecule has 2 unspecified atom stereocenters. The van der Waals surface area contributed by atoms with Gasteiger partial charge in [0.1, 0.15) is 6.61 Å². The van der Waals surface area contributed by atoms with Crippen molar-refractivity contribution >= 4 is 8.03 Å². The van der Waals surface area contributed by atoms with Crippen LogP contribution in [0.25, 0.3) is 0 Å². The summed E-state index contributed by atoms with van der Waals surface area (Å²) in [6, 6.07) is 0. The van der Waals surface area contributed by atoms with Crippen molar-refractivity contribution in [3.63, 3.8) is 0 Å². The molecule has 0 heterocycles. The fraction of sp³-hybridized carbons (Fsp3) is 1.00. The van der Waals surface area contributed by atoms with Crippen LogP contribution in [0.5, 0.6) is 0 Å². The molecule has 0 aromatic rings. The van der Waals surface area contributed by atoms with E-state index in [1.54, 1.807) is 6.92 Å². The molecular formula is C7H16O3P+. The average molecular weight is 179 g/mol. The summed E-state index contributed by atoms with van der Waals surface area (Å²) in [6.07, 6.45) is 0.479. The van der Waals surface area contributed by atoms with E-state index in [1.807, 2.05) is 13.8 Å². The standard InChI is InChI=1S/C7H16O3P/c1-4-7(8)11(9)10-5-6(2)3/h6-8H,4-5H2,1-3H3/q+1. The van der Waals surface area contributed by atoms with E-state index in [0.717, 1.165) is 0 Å². The highest BCUT2D eigenvalue weighted by Gasteiger charge is 2.28. The molecule has 0 amide bonds. The van der Waals surface area contributed by atoms with Crippen LogP contribution in [0.1, 0.15) is 27.2 Å². The van der Waals surface area contributed by atoms with Crippen LogP contribution >= 0.6 is 8.03 Å². The van der Waals surface area contributed by atoms with E-state index in [4.69, 9.17) is 9.63 Å². The van der Waals surface area contributed by atoms with Crippen molar-refractivity contribution in [1.82, 2.24) is 0 Å². The van der Waals surface area contributed by atoms with E-state index in [9.17, 15) is 4.57 Å². The highest BCUT2D eigenvalue weighted by molar-refractivity contribution is 7.39. The van der Waals surface area contributed by atoms with Crippen LogP contribution in [-0.4, -0.2) is 17.6 Å². The number of hydrogen-bond donors (Lipinski definition) is 1. The minimum absolute atomic E-state index is 0.359. The van der Waals surface area contributed by atoms with Crippen molar-refractivity contribution in [2.24, 2.45) is 5.92 Å². The molecule has 0 saturated heterocycles. The molecule has 2 atom stereocenters. The van der Waals surface area contributed by atoms with E-state index in [2.05, 4.69) is 0 Å². The molecule has 0 aromatic heterocycles. The Bertz CT molecular complexity index is 125. The molecule has 0 fully saturated rings. The van der Waals surface area contributed by atoms with Gasteiger partial charge < -0.3 is 5.11 Å². The maximum atomic E-state index is 11.0. The first-order chi connectivity index (χ1) is 5.07. The predicted molar refractivity (Wildman–Crippen MR) is 44.7 cm³/mol.